The maximum atomic E-state index is 12.4. The zero-order chi connectivity index (χ0) is 22.4. The number of rotatable bonds is 3. The van der Waals surface area contributed by atoms with E-state index >= 15 is 0 Å². The summed E-state index contributed by atoms with van der Waals surface area (Å²) in [6.45, 7) is 0.632. The SMILES string of the molecule is O=C(Nc1ccccc1)c1cc(-c2cc3c([nH]2)CCNC3=O)ccn1.O=CC(F)(F)F. The Morgan fingerprint density at radius 2 is 1.84 bits per heavy atom. The summed E-state index contributed by atoms with van der Waals surface area (Å²) in [5.74, 6) is -0.345. The molecule has 1 aliphatic rings. The molecule has 0 unspecified atom stereocenters. The van der Waals surface area contributed by atoms with Gasteiger partial charge in [-0.15, -0.1) is 0 Å². The summed E-state index contributed by atoms with van der Waals surface area (Å²) in [5, 5.41) is 5.64. The highest BCUT2D eigenvalue weighted by Crippen LogP contribution is 2.24. The fourth-order valence-corrected chi connectivity index (χ4v) is 2.89. The maximum absolute atomic E-state index is 12.4. The van der Waals surface area contributed by atoms with E-state index in [9.17, 15) is 22.8 Å². The number of nitrogens with zero attached hydrogens (tertiary/aromatic N) is 1. The molecular weight excluding hydrogens is 413 g/mol. The van der Waals surface area contributed by atoms with E-state index < -0.39 is 12.5 Å². The third kappa shape index (κ3) is 5.78. The third-order valence-electron chi connectivity index (χ3n) is 4.27. The number of carbonyl (C=O) groups excluding carboxylic acids is 3. The summed E-state index contributed by atoms with van der Waals surface area (Å²) < 4.78 is 31.2. The molecule has 0 fully saturated rings. The number of carbonyl (C=O) groups is 3. The van der Waals surface area contributed by atoms with Gasteiger partial charge in [-0.1, -0.05) is 18.2 Å². The van der Waals surface area contributed by atoms with Crippen LogP contribution in [0.5, 0.6) is 0 Å². The van der Waals surface area contributed by atoms with Crippen LogP contribution in [0.15, 0.2) is 54.7 Å². The fourth-order valence-electron chi connectivity index (χ4n) is 2.89. The number of para-hydroxylation sites is 1. The largest absolute Gasteiger partial charge is 0.446 e. The molecule has 0 bridgehead atoms. The Morgan fingerprint density at radius 3 is 2.48 bits per heavy atom. The monoisotopic (exact) mass is 430 g/mol. The molecule has 7 nitrogen and oxygen atoms in total. The lowest BCUT2D eigenvalue weighted by Crippen LogP contribution is -2.31. The zero-order valence-electron chi connectivity index (χ0n) is 16.0. The van der Waals surface area contributed by atoms with Crippen molar-refractivity contribution in [2.45, 2.75) is 12.6 Å². The Hall–Kier alpha value is -3.95. The molecule has 0 radical (unpaired) electrons. The number of hydrogen-bond acceptors (Lipinski definition) is 4. The first-order valence-corrected chi connectivity index (χ1v) is 9.13. The standard InChI is InChI=1S/C19H16N4O2.C2HF3O/c24-18-14-11-16(23-15(14)7-9-21-18)12-6-8-20-17(10-12)19(25)22-13-4-2-1-3-5-13;3-2(4,5)1-6/h1-6,8,10-11,23H,7,9H2,(H,21,24)(H,22,25);1H. The molecule has 3 heterocycles. The summed E-state index contributed by atoms with van der Waals surface area (Å²) in [6.07, 6.45) is -3.34. The molecule has 2 aromatic heterocycles. The van der Waals surface area contributed by atoms with Gasteiger partial charge in [0, 0.05) is 41.8 Å². The van der Waals surface area contributed by atoms with Crippen LogP contribution < -0.4 is 10.6 Å². The molecule has 0 aliphatic carbocycles. The second-order valence-corrected chi connectivity index (χ2v) is 6.49. The first-order chi connectivity index (χ1) is 14.8. The Morgan fingerprint density at radius 1 is 1.13 bits per heavy atom. The summed E-state index contributed by atoms with van der Waals surface area (Å²) in [6, 6.07) is 14.6. The molecular formula is C21H17F3N4O3. The van der Waals surface area contributed by atoms with Crippen LogP contribution in [0.3, 0.4) is 0 Å². The van der Waals surface area contributed by atoms with Crippen LogP contribution in [0, 0.1) is 0 Å². The Balaban J connectivity index is 0.000000401. The minimum absolute atomic E-state index is 0.0696. The molecule has 0 spiro atoms. The Labute approximate surface area is 174 Å². The van der Waals surface area contributed by atoms with Crippen LogP contribution in [-0.4, -0.2) is 40.8 Å². The normalized spacial score (nSPS) is 12.7. The van der Waals surface area contributed by atoms with Crippen molar-refractivity contribution in [3.05, 3.63) is 71.7 Å². The number of aromatic nitrogens is 2. The van der Waals surface area contributed by atoms with E-state index in [0.29, 0.717) is 23.5 Å². The van der Waals surface area contributed by atoms with Gasteiger partial charge in [0.15, 0.2) is 0 Å². The van der Waals surface area contributed by atoms with Crippen LogP contribution in [-0.2, 0) is 11.2 Å². The number of fused-ring (bicyclic) bond motifs is 1. The number of aromatic amines is 1. The van der Waals surface area contributed by atoms with E-state index in [-0.39, 0.29) is 11.8 Å². The molecule has 1 aromatic carbocycles. The number of nitrogens with one attached hydrogen (secondary N) is 3. The van der Waals surface area contributed by atoms with E-state index in [1.165, 1.54) is 0 Å². The highest BCUT2D eigenvalue weighted by molar-refractivity contribution is 6.03. The number of hydrogen-bond donors (Lipinski definition) is 3. The molecule has 1 aliphatic heterocycles. The predicted octanol–water partition coefficient (Wildman–Crippen LogP) is 3.36. The van der Waals surface area contributed by atoms with Crippen LogP contribution in [0.1, 0.15) is 26.5 Å². The first-order valence-electron chi connectivity index (χ1n) is 9.13. The summed E-state index contributed by atoms with van der Waals surface area (Å²) in [7, 11) is 0. The van der Waals surface area contributed by atoms with Crippen LogP contribution in [0.25, 0.3) is 11.3 Å². The van der Waals surface area contributed by atoms with Gasteiger partial charge in [0.25, 0.3) is 11.8 Å². The minimum atomic E-state index is -4.64. The number of H-pyrrole nitrogens is 1. The van der Waals surface area contributed by atoms with Crippen molar-refractivity contribution in [2.24, 2.45) is 0 Å². The second kappa shape index (κ2) is 9.24. The quantitative estimate of drug-likeness (QED) is 0.555. The zero-order valence-corrected chi connectivity index (χ0v) is 16.0. The van der Waals surface area contributed by atoms with Gasteiger partial charge < -0.3 is 15.6 Å². The van der Waals surface area contributed by atoms with Gasteiger partial charge in [-0.3, -0.25) is 19.4 Å². The van der Waals surface area contributed by atoms with Crippen molar-refractivity contribution in [1.29, 1.82) is 0 Å². The van der Waals surface area contributed by atoms with Gasteiger partial charge in [0.1, 0.15) is 5.69 Å². The van der Waals surface area contributed by atoms with E-state index in [4.69, 9.17) is 4.79 Å². The number of amides is 2. The maximum Gasteiger partial charge on any atom is 0.446 e. The number of aldehydes is 1. The molecule has 3 aromatic rings. The number of benzene rings is 1. The fraction of sp³-hybridized carbons (Fsp3) is 0.143. The molecule has 4 rings (SSSR count). The molecule has 2 amide bonds. The number of pyridine rings is 1. The van der Waals surface area contributed by atoms with E-state index in [2.05, 4.69) is 20.6 Å². The first kappa shape index (κ1) is 21.8. The van der Waals surface area contributed by atoms with Gasteiger partial charge in [-0.2, -0.15) is 13.2 Å². The van der Waals surface area contributed by atoms with Crippen molar-refractivity contribution in [3.63, 3.8) is 0 Å². The summed E-state index contributed by atoms with van der Waals surface area (Å²) in [5.41, 5.74) is 4.23. The smallest absolute Gasteiger partial charge is 0.358 e. The molecule has 0 saturated heterocycles. The molecule has 160 valence electrons. The van der Waals surface area contributed by atoms with E-state index in [1.807, 2.05) is 42.5 Å². The number of anilines is 1. The van der Waals surface area contributed by atoms with Crippen LogP contribution in [0.4, 0.5) is 18.9 Å². The van der Waals surface area contributed by atoms with Crippen LogP contribution in [0.2, 0.25) is 0 Å². The summed E-state index contributed by atoms with van der Waals surface area (Å²) >= 11 is 0. The second-order valence-electron chi connectivity index (χ2n) is 6.49. The van der Waals surface area contributed by atoms with Gasteiger partial charge in [-0.25, -0.2) is 0 Å². The van der Waals surface area contributed by atoms with Gasteiger partial charge in [-0.05, 0) is 30.3 Å². The Bertz CT molecular complexity index is 1090. The van der Waals surface area contributed by atoms with Gasteiger partial charge >= 0.3 is 6.18 Å². The minimum Gasteiger partial charge on any atom is -0.358 e. The highest BCUT2D eigenvalue weighted by atomic mass is 19.4. The third-order valence-corrected chi connectivity index (χ3v) is 4.27. The molecule has 10 heteroatoms. The van der Waals surface area contributed by atoms with E-state index in [0.717, 1.165) is 23.4 Å². The van der Waals surface area contributed by atoms with Crippen molar-refractivity contribution in [3.8, 4) is 11.3 Å². The molecule has 0 saturated carbocycles. The Kier molecular flexibility index (Phi) is 6.49. The molecule has 0 atom stereocenters. The highest BCUT2D eigenvalue weighted by Gasteiger charge is 2.25. The lowest BCUT2D eigenvalue weighted by atomic mass is 10.1. The number of alkyl halides is 3. The number of halogens is 3. The van der Waals surface area contributed by atoms with Crippen molar-refractivity contribution >= 4 is 23.8 Å². The van der Waals surface area contributed by atoms with E-state index in [1.54, 1.807) is 12.3 Å². The van der Waals surface area contributed by atoms with Gasteiger partial charge in [0.05, 0.1) is 5.56 Å². The molecule has 31 heavy (non-hydrogen) atoms. The predicted molar refractivity (Wildman–Crippen MR) is 107 cm³/mol. The molecule has 3 N–H and O–H groups in total. The lowest BCUT2D eigenvalue weighted by Gasteiger charge is -2.10. The van der Waals surface area contributed by atoms with Crippen molar-refractivity contribution < 1.29 is 27.6 Å². The topological polar surface area (TPSA) is 104 Å². The van der Waals surface area contributed by atoms with Crippen molar-refractivity contribution in [2.75, 3.05) is 11.9 Å². The summed E-state index contributed by atoms with van der Waals surface area (Å²) in [4.78, 5) is 40.4. The van der Waals surface area contributed by atoms with Crippen molar-refractivity contribution in [1.82, 2.24) is 15.3 Å². The van der Waals surface area contributed by atoms with Crippen LogP contribution >= 0.6 is 0 Å². The average Bonchev–Trinajstić information content (AvgIpc) is 3.20. The van der Waals surface area contributed by atoms with Gasteiger partial charge in [0.2, 0.25) is 6.29 Å². The average molecular weight is 430 g/mol. The lowest BCUT2D eigenvalue weighted by molar-refractivity contribution is -0.156.